The van der Waals surface area contributed by atoms with E-state index in [1.54, 1.807) is 35.2 Å². The maximum atomic E-state index is 13.0. The third-order valence-corrected chi connectivity index (χ3v) is 4.16. The number of carbonyl (C=O) groups is 2. The first kappa shape index (κ1) is 20.0. The Morgan fingerprint density at radius 3 is 2.24 bits per heavy atom. The number of hydrogen-bond acceptors (Lipinski definition) is 5. The fraction of sp³-hybridized carbons (Fsp3) is 0.182. The summed E-state index contributed by atoms with van der Waals surface area (Å²) in [7, 11) is 0. The molecule has 2 amide bonds. The second-order valence-electron chi connectivity index (χ2n) is 6.49. The first-order valence-corrected chi connectivity index (χ1v) is 9.33. The van der Waals surface area contributed by atoms with Gasteiger partial charge in [0.25, 0.3) is 5.91 Å². The van der Waals surface area contributed by atoms with Gasteiger partial charge in [0.1, 0.15) is 5.69 Å². The normalized spacial score (nSPS) is 10.3. The second-order valence-corrected chi connectivity index (χ2v) is 6.49. The van der Waals surface area contributed by atoms with Crippen molar-refractivity contribution < 1.29 is 9.59 Å². The summed E-state index contributed by atoms with van der Waals surface area (Å²) < 4.78 is 0. The van der Waals surface area contributed by atoms with Crippen molar-refractivity contribution in [3.8, 4) is 0 Å². The van der Waals surface area contributed by atoms with Gasteiger partial charge in [-0.25, -0.2) is 9.97 Å². The molecule has 148 valence electrons. The largest absolute Gasteiger partial charge is 0.326 e. The van der Waals surface area contributed by atoms with E-state index in [0.717, 1.165) is 11.4 Å². The molecule has 0 atom stereocenters. The Morgan fingerprint density at radius 1 is 0.966 bits per heavy atom. The van der Waals surface area contributed by atoms with E-state index < -0.39 is 0 Å². The fourth-order valence-electron chi connectivity index (χ4n) is 2.89. The van der Waals surface area contributed by atoms with Gasteiger partial charge in [-0.1, -0.05) is 18.2 Å². The lowest BCUT2D eigenvalue weighted by atomic mass is 10.2. The third kappa shape index (κ3) is 5.16. The molecule has 0 unspecified atom stereocenters. The minimum absolute atomic E-state index is 0.130. The summed E-state index contributed by atoms with van der Waals surface area (Å²) in [4.78, 5) is 34.6. The monoisotopic (exact) mass is 389 g/mol. The smallest absolute Gasteiger partial charge is 0.277 e. The van der Waals surface area contributed by atoms with Crippen LogP contribution in [0, 0.1) is 6.92 Å². The molecule has 2 N–H and O–H groups in total. The minimum Gasteiger partial charge on any atom is -0.326 e. The van der Waals surface area contributed by atoms with Crippen molar-refractivity contribution >= 4 is 34.8 Å². The maximum absolute atomic E-state index is 13.0. The van der Waals surface area contributed by atoms with Gasteiger partial charge in [0, 0.05) is 36.2 Å². The number of hydrogen-bond donors (Lipinski definition) is 2. The lowest BCUT2D eigenvalue weighted by Crippen LogP contribution is -2.31. The van der Waals surface area contributed by atoms with Crippen LogP contribution in [0.25, 0.3) is 0 Å². The lowest BCUT2D eigenvalue weighted by molar-refractivity contribution is -0.114. The van der Waals surface area contributed by atoms with Crippen LogP contribution in [-0.4, -0.2) is 28.3 Å². The van der Waals surface area contributed by atoms with Crippen LogP contribution in [0.15, 0.2) is 60.7 Å². The van der Waals surface area contributed by atoms with Crippen LogP contribution in [0.2, 0.25) is 0 Å². The molecule has 0 fully saturated rings. The Labute approximate surface area is 169 Å². The highest BCUT2D eigenvalue weighted by molar-refractivity contribution is 6.05. The van der Waals surface area contributed by atoms with E-state index in [1.165, 1.54) is 6.92 Å². The van der Waals surface area contributed by atoms with Gasteiger partial charge in [-0.3, -0.25) is 9.59 Å². The average molecular weight is 389 g/mol. The van der Waals surface area contributed by atoms with Crippen molar-refractivity contribution in [1.82, 2.24) is 9.97 Å². The number of aromatic nitrogens is 2. The lowest BCUT2D eigenvalue weighted by Gasteiger charge is -2.21. The number of anilines is 4. The van der Waals surface area contributed by atoms with Crippen molar-refractivity contribution in [2.24, 2.45) is 0 Å². The molecule has 7 nitrogen and oxygen atoms in total. The van der Waals surface area contributed by atoms with E-state index in [0.29, 0.717) is 29.6 Å². The van der Waals surface area contributed by atoms with Gasteiger partial charge in [-0.05, 0) is 56.3 Å². The Bertz CT molecular complexity index is 1000. The van der Waals surface area contributed by atoms with Gasteiger partial charge in [-0.2, -0.15) is 0 Å². The topological polar surface area (TPSA) is 87.2 Å². The van der Waals surface area contributed by atoms with Gasteiger partial charge >= 0.3 is 0 Å². The van der Waals surface area contributed by atoms with Crippen molar-refractivity contribution in [3.63, 3.8) is 0 Å². The maximum Gasteiger partial charge on any atom is 0.277 e. The van der Waals surface area contributed by atoms with E-state index in [4.69, 9.17) is 0 Å². The molecule has 2 aromatic carbocycles. The number of nitrogens with one attached hydrogen (secondary N) is 2. The summed E-state index contributed by atoms with van der Waals surface area (Å²) >= 11 is 0. The summed E-state index contributed by atoms with van der Waals surface area (Å²) in [6.45, 7) is 5.73. The number of para-hydroxylation sites is 1. The van der Waals surface area contributed by atoms with E-state index in [-0.39, 0.29) is 11.8 Å². The van der Waals surface area contributed by atoms with Crippen molar-refractivity contribution in [2.75, 3.05) is 22.1 Å². The summed E-state index contributed by atoms with van der Waals surface area (Å²) in [6.07, 6.45) is 0. The van der Waals surface area contributed by atoms with E-state index in [1.807, 2.05) is 44.2 Å². The van der Waals surface area contributed by atoms with Crippen LogP contribution >= 0.6 is 0 Å². The van der Waals surface area contributed by atoms with E-state index >= 15 is 0 Å². The Morgan fingerprint density at radius 2 is 1.62 bits per heavy atom. The summed E-state index contributed by atoms with van der Waals surface area (Å²) in [6, 6.07) is 18.3. The average Bonchev–Trinajstić information content (AvgIpc) is 2.70. The van der Waals surface area contributed by atoms with Crippen LogP contribution < -0.4 is 15.5 Å². The molecule has 0 aliphatic rings. The first-order valence-electron chi connectivity index (χ1n) is 9.33. The van der Waals surface area contributed by atoms with Gasteiger partial charge in [0.15, 0.2) is 0 Å². The highest BCUT2D eigenvalue weighted by Gasteiger charge is 2.19. The van der Waals surface area contributed by atoms with Gasteiger partial charge in [-0.15, -0.1) is 0 Å². The molecule has 1 heterocycles. The van der Waals surface area contributed by atoms with Gasteiger partial charge in [0.05, 0.1) is 0 Å². The number of carbonyl (C=O) groups excluding carboxylic acids is 2. The zero-order valence-corrected chi connectivity index (χ0v) is 16.6. The highest BCUT2D eigenvalue weighted by Crippen LogP contribution is 2.19. The molecule has 3 aromatic rings. The zero-order chi connectivity index (χ0) is 20.8. The second kappa shape index (κ2) is 8.97. The number of amides is 2. The van der Waals surface area contributed by atoms with Crippen LogP contribution in [0.1, 0.15) is 30.0 Å². The molecule has 1 aromatic heterocycles. The van der Waals surface area contributed by atoms with Gasteiger partial charge in [0.2, 0.25) is 11.9 Å². The van der Waals surface area contributed by atoms with Crippen molar-refractivity contribution in [1.29, 1.82) is 0 Å². The Kier molecular flexibility index (Phi) is 6.19. The highest BCUT2D eigenvalue weighted by atomic mass is 16.2. The minimum atomic E-state index is -0.187. The number of rotatable bonds is 6. The molecule has 0 spiro atoms. The van der Waals surface area contributed by atoms with Crippen LogP contribution in [0.5, 0.6) is 0 Å². The molecule has 3 rings (SSSR count). The molecule has 29 heavy (non-hydrogen) atoms. The molecule has 0 bridgehead atoms. The van der Waals surface area contributed by atoms with Gasteiger partial charge < -0.3 is 15.5 Å². The van der Waals surface area contributed by atoms with Crippen molar-refractivity contribution in [3.05, 3.63) is 72.1 Å². The quantitative estimate of drug-likeness (QED) is 0.661. The molecule has 0 saturated carbocycles. The Hall–Kier alpha value is -3.74. The molecular formula is C22H23N5O2. The SMILES string of the molecule is CCN(C(=O)c1cc(C)nc(Nc2ccc(NC(C)=O)cc2)n1)c1ccccc1. The molecule has 7 heteroatoms. The zero-order valence-electron chi connectivity index (χ0n) is 16.6. The molecular weight excluding hydrogens is 366 g/mol. The molecule has 0 aliphatic heterocycles. The number of nitrogens with zero attached hydrogens (tertiary/aromatic N) is 3. The molecule has 0 aliphatic carbocycles. The van der Waals surface area contributed by atoms with Crippen LogP contribution in [0.4, 0.5) is 23.0 Å². The summed E-state index contributed by atoms with van der Waals surface area (Å²) in [5, 5.41) is 5.83. The van der Waals surface area contributed by atoms with Crippen LogP contribution in [-0.2, 0) is 4.79 Å². The van der Waals surface area contributed by atoms with Crippen LogP contribution in [0.3, 0.4) is 0 Å². The van der Waals surface area contributed by atoms with E-state index in [9.17, 15) is 9.59 Å². The van der Waals surface area contributed by atoms with E-state index in [2.05, 4.69) is 20.6 Å². The summed E-state index contributed by atoms with van der Waals surface area (Å²) in [5.74, 6) is 0.0211. The van der Waals surface area contributed by atoms with Crippen molar-refractivity contribution in [2.45, 2.75) is 20.8 Å². The molecule has 0 radical (unpaired) electrons. The Balaban J connectivity index is 1.82. The predicted molar refractivity (Wildman–Crippen MR) is 115 cm³/mol. The molecule has 0 saturated heterocycles. The number of aryl methyl sites for hydroxylation is 1. The fourth-order valence-corrected chi connectivity index (χ4v) is 2.89. The summed E-state index contributed by atoms with van der Waals surface area (Å²) in [5.41, 5.74) is 3.27. The number of benzene rings is 2. The standard InChI is InChI=1S/C22H23N5O2/c1-4-27(19-8-6-5-7-9-19)21(29)20-14-15(2)23-22(26-20)25-18-12-10-17(11-13-18)24-16(3)28/h5-14H,4H2,1-3H3,(H,24,28)(H,23,25,26). The first-order chi connectivity index (χ1) is 14.0. The predicted octanol–water partition coefficient (Wildman–Crippen LogP) is 4.15. The third-order valence-electron chi connectivity index (χ3n) is 4.16.